The van der Waals surface area contributed by atoms with Crippen LogP contribution in [0.3, 0.4) is 0 Å². The van der Waals surface area contributed by atoms with Crippen LogP contribution in [0.1, 0.15) is 38.4 Å². The number of imidazole rings is 1. The van der Waals surface area contributed by atoms with E-state index >= 15 is 0 Å². The predicted octanol–water partition coefficient (Wildman–Crippen LogP) is 2.14. The number of nitrogens with one attached hydrogen (secondary N) is 1. The van der Waals surface area contributed by atoms with Crippen molar-refractivity contribution in [1.29, 1.82) is 0 Å². The number of aryl methyl sites for hydroxylation is 1. The van der Waals surface area contributed by atoms with Crippen molar-refractivity contribution in [2.24, 2.45) is 0 Å². The van der Waals surface area contributed by atoms with Crippen LogP contribution in [0, 0.1) is 0 Å². The molecule has 1 N–H and O–H groups in total. The number of aromatic nitrogens is 2. The van der Waals surface area contributed by atoms with Gasteiger partial charge in [0.1, 0.15) is 5.82 Å². The monoisotopic (exact) mass is 305 g/mol. The second-order valence-electron chi connectivity index (χ2n) is 4.94. The van der Waals surface area contributed by atoms with Gasteiger partial charge in [-0.3, -0.25) is 0 Å². The molecule has 1 heterocycles. The van der Waals surface area contributed by atoms with Gasteiger partial charge in [0.25, 0.3) is 10.0 Å². The molecule has 2 atom stereocenters. The molecule has 2 unspecified atom stereocenters. The van der Waals surface area contributed by atoms with Crippen molar-refractivity contribution in [2.45, 2.75) is 55.5 Å². The Labute approximate surface area is 119 Å². The first-order chi connectivity index (χ1) is 8.96. The summed E-state index contributed by atoms with van der Waals surface area (Å²) in [7, 11) is -1.93. The summed E-state index contributed by atoms with van der Waals surface area (Å²) < 4.78 is 26.4. The van der Waals surface area contributed by atoms with Gasteiger partial charge in [-0.2, -0.15) is 4.31 Å². The summed E-state index contributed by atoms with van der Waals surface area (Å²) in [6, 6.07) is -0.131. The molecule has 0 radical (unpaired) electrons. The van der Waals surface area contributed by atoms with Crippen molar-refractivity contribution in [3.05, 3.63) is 12.0 Å². The average molecular weight is 306 g/mol. The van der Waals surface area contributed by atoms with Crippen LogP contribution >= 0.6 is 11.6 Å². The van der Waals surface area contributed by atoms with Gasteiger partial charge in [-0.1, -0.05) is 19.8 Å². The van der Waals surface area contributed by atoms with Crippen molar-refractivity contribution >= 4 is 21.6 Å². The first-order valence-electron chi connectivity index (χ1n) is 6.62. The number of nitrogens with zero attached hydrogens (tertiary/aromatic N) is 2. The lowest BCUT2D eigenvalue weighted by Gasteiger charge is -2.33. The minimum absolute atomic E-state index is 0.109. The van der Waals surface area contributed by atoms with Gasteiger partial charge >= 0.3 is 0 Å². The number of sulfonamides is 1. The molecule has 0 saturated heterocycles. The molecule has 2 rings (SSSR count). The van der Waals surface area contributed by atoms with Gasteiger partial charge in [-0.25, -0.2) is 13.4 Å². The molecule has 0 aromatic carbocycles. The van der Waals surface area contributed by atoms with Gasteiger partial charge in [0, 0.05) is 19.5 Å². The summed E-state index contributed by atoms with van der Waals surface area (Å²) in [4.78, 5) is 6.91. The Morgan fingerprint density at radius 3 is 2.74 bits per heavy atom. The SMILES string of the molecule is CCc1ncc(S(=O)(=O)N(C)C2CCCCC2Cl)[nH]1. The summed E-state index contributed by atoms with van der Waals surface area (Å²) in [5.41, 5.74) is 0. The van der Waals surface area contributed by atoms with Crippen LogP contribution in [0.25, 0.3) is 0 Å². The van der Waals surface area contributed by atoms with Gasteiger partial charge in [0.15, 0.2) is 5.03 Å². The van der Waals surface area contributed by atoms with Gasteiger partial charge in [-0.15, -0.1) is 11.6 Å². The van der Waals surface area contributed by atoms with E-state index in [0.29, 0.717) is 12.2 Å². The number of H-pyrrole nitrogens is 1. The van der Waals surface area contributed by atoms with Crippen LogP contribution in [0.2, 0.25) is 0 Å². The Balaban J connectivity index is 2.23. The fourth-order valence-corrected chi connectivity index (χ4v) is 4.33. The quantitative estimate of drug-likeness (QED) is 0.867. The third kappa shape index (κ3) is 2.95. The van der Waals surface area contributed by atoms with Crippen LogP contribution in [0.5, 0.6) is 0 Å². The molecule has 0 amide bonds. The molecule has 1 aromatic rings. The topological polar surface area (TPSA) is 66.1 Å². The molecule has 0 bridgehead atoms. The summed E-state index contributed by atoms with van der Waals surface area (Å²) >= 11 is 6.27. The van der Waals surface area contributed by atoms with Crippen LogP contribution in [-0.2, 0) is 16.4 Å². The van der Waals surface area contributed by atoms with E-state index in [-0.39, 0.29) is 16.4 Å². The molecule has 5 nitrogen and oxygen atoms in total. The fraction of sp³-hybridized carbons (Fsp3) is 0.750. The van der Waals surface area contributed by atoms with Crippen LogP contribution in [0.4, 0.5) is 0 Å². The summed E-state index contributed by atoms with van der Waals surface area (Å²) in [5, 5.41) is 0.0448. The highest BCUT2D eigenvalue weighted by Gasteiger charge is 2.35. The van der Waals surface area contributed by atoms with E-state index in [9.17, 15) is 8.42 Å². The maximum absolute atomic E-state index is 12.5. The zero-order valence-corrected chi connectivity index (χ0v) is 12.8. The summed E-state index contributed by atoms with van der Waals surface area (Å²) in [6.45, 7) is 1.93. The molecule has 0 aliphatic heterocycles. The summed E-state index contributed by atoms with van der Waals surface area (Å²) in [6.07, 6.45) is 5.85. The smallest absolute Gasteiger partial charge is 0.260 e. The molecular formula is C12H20ClN3O2S. The van der Waals surface area contributed by atoms with Crippen LogP contribution in [0.15, 0.2) is 11.2 Å². The number of aromatic amines is 1. The van der Waals surface area contributed by atoms with Crippen LogP contribution in [-0.4, -0.2) is 41.2 Å². The van der Waals surface area contributed by atoms with Gasteiger partial charge in [0.05, 0.1) is 11.6 Å². The number of alkyl halides is 1. The minimum Gasteiger partial charge on any atom is -0.332 e. The largest absolute Gasteiger partial charge is 0.332 e. The summed E-state index contributed by atoms with van der Waals surface area (Å²) in [5.74, 6) is 0.679. The first-order valence-corrected chi connectivity index (χ1v) is 8.50. The maximum Gasteiger partial charge on any atom is 0.260 e. The van der Waals surface area contributed by atoms with E-state index in [1.54, 1.807) is 7.05 Å². The third-order valence-electron chi connectivity index (χ3n) is 3.71. The van der Waals surface area contributed by atoms with E-state index in [4.69, 9.17) is 11.6 Å². The molecule has 108 valence electrons. The standard InChI is InChI=1S/C12H20ClN3O2S/c1-3-11-14-8-12(15-11)19(17,18)16(2)10-7-5-4-6-9(10)13/h8-10H,3-7H2,1-2H3,(H,14,15). The minimum atomic E-state index is -3.53. The third-order valence-corrected chi connectivity index (χ3v) is 6.01. The van der Waals surface area contributed by atoms with E-state index in [2.05, 4.69) is 9.97 Å². The van der Waals surface area contributed by atoms with E-state index in [1.807, 2.05) is 6.92 Å². The normalized spacial score (nSPS) is 24.8. The number of hydrogen-bond donors (Lipinski definition) is 1. The molecule has 1 aliphatic carbocycles. The lowest BCUT2D eigenvalue weighted by atomic mass is 9.95. The van der Waals surface area contributed by atoms with Crippen molar-refractivity contribution < 1.29 is 8.42 Å². The Morgan fingerprint density at radius 1 is 1.47 bits per heavy atom. The number of hydrogen-bond acceptors (Lipinski definition) is 3. The fourth-order valence-electron chi connectivity index (χ4n) is 2.46. The van der Waals surface area contributed by atoms with E-state index < -0.39 is 10.0 Å². The second kappa shape index (κ2) is 5.81. The molecule has 7 heteroatoms. The Kier molecular flexibility index (Phi) is 4.53. The molecule has 1 aromatic heterocycles. The van der Waals surface area contributed by atoms with Crippen molar-refractivity contribution in [2.75, 3.05) is 7.05 Å². The highest BCUT2D eigenvalue weighted by Crippen LogP contribution is 2.29. The predicted molar refractivity (Wildman–Crippen MR) is 74.8 cm³/mol. The average Bonchev–Trinajstić information content (AvgIpc) is 2.88. The van der Waals surface area contributed by atoms with Crippen molar-refractivity contribution in [1.82, 2.24) is 14.3 Å². The Hall–Kier alpha value is -0.590. The Morgan fingerprint density at radius 2 is 2.16 bits per heavy atom. The van der Waals surface area contributed by atoms with Crippen molar-refractivity contribution in [3.63, 3.8) is 0 Å². The van der Waals surface area contributed by atoms with E-state index in [1.165, 1.54) is 10.5 Å². The number of rotatable bonds is 4. The van der Waals surface area contributed by atoms with E-state index in [0.717, 1.165) is 25.7 Å². The van der Waals surface area contributed by atoms with Crippen LogP contribution < -0.4 is 0 Å². The van der Waals surface area contributed by atoms with Crippen molar-refractivity contribution in [3.8, 4) is 0 Å². The lowest BCUT2D eigenvalue weighted by Crippen LogP contribution is -2.44. The number of halogens is 1. The highest BCUT2D eigenvalue weighted by molar-refractivity contribution is 7.89. The lowest BCUT2D eigenvalue weighted by molar-refractivity contribution is 0.290. The first kappa shape index (κ1) is 14.8. The highest BCUT2D eigenvalue weighted by atomic mass is 35.5. The molecule has 1 saturated carbocycles. The molecule has 0 spiro atoms. The zero-order valence-electron chi connectivity index (χ0n) is 11.3. The Bertz CT molecular complexity index is 529. The second-order valence-corrected chi connectivity index (χ2v) is 7.46. The van der Waals surface area contributed by atoms with Gasteiger partial charge in [0.2, 0.25) is 0 Å². The zero-order chi connectivity index (χ0) is 14.0. The van der Waals surface area contributed by atoms with Gasteiger partial charge in [-0.05, 0) is 12.8 Å². The molecule has 1 fully saturated rings. The molecule has 1 aliphatic rings. The molecular weight excluding hydrogens is 286 g/mol. The molecule has 19 heavy (non-hydrogen) atoms. The van der Waals surface area contributed by atoms with Gasteiger partial charge < -0.3 is 4.98 Å². The maximum atomic E-state index is 12.5.